The van der Waals surface area contributed by atoms with E-state index in [1.54, 1.807) is 24.3 Å². The molecule has 0 fully saturated rings. The molecule has 0 aliphatic rings. The van der Waals surface area contributed by atoms with Crippen LogP contribution in [0, 0.1) is 17.1 Å². The molecule has 0 aliphatic carbocycles. The maximum Gasteiger partial charge on any atom is 0.142 e. The van der Waals surface area contributed by atoms with Crippen molar-refractivity contribution < 1.29 is 9.13 Å². The number of anilines is 1. The zero-order valence-corrected chi connectivity index (χ0v) is 11.4. The van der Waals surface area contributed by atoms with Gasteiger partial charge in [0.15, 0.2) is 0 Å². The van der Waals surface area contributed by atoms with Crippen molar-refractivity contribution in [2.24, 2.45) is 0 Å². The van der Waals surface area contributed by atoms with E-state index in [9.17, 15) is 4.39 Å². The predicted octanol–water partition coefficient (Wildman–Crippen LogP) is 3.62. The normalized spacial score (nSPS) is 9.95. The maximum atomic E-state index is 12.9. The second kappa shape index (κ2) is 5.72. The highest BCUT2D eigenvalue weighted by molar-refractivity contribution is 9.10. The summed E-state index contributed by atoms with van der Waals surface area (Å²) in [5.74, 6) is 0.184. The van der Waals surface area contributed by atoms with Crippen molar-refractivity contribution in [2.75, 3.05) is 5.73 Å². The zero-order valence-electron chi connectivity index (χ0n) is 9.86. The lowest BCUT2D eigenvalue weighted by Crippen LogP contribution is -2.00. The Morgan fingerprint density at radius 2 is 2.05 bits per heavy atom. The van der Waals surface area contributed by atoms with Gasteiger partial charge in [-0.05, 0) is 30.3 Å². The minimum atomic E-state index is -0.312. The van der Waals surface area contributed by atoms with Gasteiger partial charge < -0.3 is 10.5 Å². The number of nitriles is 1. The standard InChI is InChI=1S/C14H10BrFN2O/c15-12-6-11(16)3-2-10(12)8-19-14-4-1-9(7-17)5-13(14)18/h1-6H,8,18H2. The molecular formula is C14H10BrFN2O. The van der Waals surface area contributed by atoms with Crippen molar-refractivity contribution in [3.05, 3.63) is 57.8 Å². The number of rotatable bonds is 3. The summed E-state index contributed by atoms with van der Waals surface area (Å²) in [6, 6.07) is 11.2. The molecule has 2 N–H and O–H groups in total. The van der Waals surface area contributed by atoms with Crippen LogP contribution >= 0.6 is 15.9 Å². The van der Waals surface area contributed by atoms with Crippen molar-refractivity contribution in [1.29, 1.82) is 5.26 Å². The van der Waals surface area contributed by atoms with E-state index < -0.39 is 0 Å². The Balaban J connectivity index is 2.13. The quantitative estimate of drug-likeness (QED) is 0.879. The molecular weight excluding hydrogens is 311 g/mol. The molecule has 2 aromatic carbocycles. The lowest BCUT2D eigenvalue weighted by molar-refractivity contribution is 0.307. The van der Waals surface area contributed by atoms with E-state index in [0.717, 1.165) is 5.56 Å². The number of ether oxygens (including phenoxy) is 1. The molecule has 96 valence electrons. The molecule has 0 saturated carbocycles. The Hall–Kier alpha value is -2.06. The third kappa shape index (κ3) is 3.24. The Morgan fingerprint density at radius 1 is 1.26 bits per heavy atom. The number of halogens is 2. The molecule has 0 atom stereocenters. The summed E-state index contributed by atoms with van der Waals surface area (Å²) >= 11 is 3.27. The minimum absolute atomic E-state index is 0.261. The molecule has 2 aromatic rings. The van der Waals surface area contributed by atoms with E-state index in [-0.39, 0.29) is 12.4 Å². The van der Waals surface area contributed by atoms with Crippen molar-refractivity contribution in [2.45, 2.75) is 6.61 Å². The average molecular weight is 321 g/mol. The molecule has 2 rings (SSSR count). The van der Waals surface area contributed by atoms with Crippen LogP contribution in [0.3, 0.4) is 0 Å². The second-order valence-electron chi connectivity index (χ2n) is 3.89. The molecule has 0 bridgehead atoms. The molecule has 19 heavy (non-hydrogen) atoms. The predicted molar refractivity (Wildman–Crippen MR) is 74.0 cm³/mol. The molecule has 5 heteroatoms. The first kappa shape index (κ1) is 13.4. The van der Waals surface area contributed by atoms with E-state index in [2.05, 4.69) is 15.9 Å². The summed E-state index contributed by atoms with van der Waals surface area (Å²) in [5.41, 5.74) is 7.47. The van der Waals surface area contributed by atoms with Gasteiger partial charge in [-0.2, -0.15) is 5.26 Å². The average Bonchev–Trinajstić information content (AvgIpc) is 2.39. The number of nitrogen functional groups attached to an aromatic ring is 1. The Bertz CT molecular complexity index is 652. The van der Waals surface area contributed by atoms with Gasteiger partial charge in [-0.15, -0.1) is 0 Å². The monoisotopic (exact) mass is 320 g/mol. The van der Waals surface area contributed by atoms with Gasteiger partial charge in [-0.1, -0.05) is 22.0 Å². The highest BCUT2D eigenvalue weighted by atomic mass is 79.9. The number of hydrogen-bond donors (Lipinski definition) is 1. The molecule has 0 amide bonds. The lowest BCUT2D eigenvalue weighted by Gasteiger charge is -2.10. The van der Waals surface area contributed by atoms with Crippen LogP contribution in [0.4, 0.5) is 10.1 Å². The number of benzene rings is 2. The van der Waals surface area contributed by atoms with Gasteiger partial charge in [0.25, 0.3) is 0 Å². The minimum Gasteiger partial charge on any atom is -0.487 e. The van der Waals surface area contributed by atoms with Crippen LogP contribution in [0.1, 0.15) is 11.1 Å². The highest BCUT2D eigenvalue weighted by Gasteiger charge is 2.05. The summed E-state index contributed by atoms with van der Waals surface area (Å²) in [6.07, 6.45) is 0. The van der Waals surface area contributed by atoms with E-state index >= 15 is 0 Å². The summed E-state index contributed by atoms with van der Waals surface area (Å²) in [5, 5.41) is 8.74. The van der Waals surface area contributed by atoms with E-state index in [4.69, 9.17) is 15.7 Å². The summed E-state index contributed by atoms with van der Waals surface area (Å²) in [6.45, 7) is 0.261. The number of hydrogen-bond acceptors (Lipinski definition) is 3. The van der Waals surface area contributed by atoms with Crippen LogP contribution < -0.4 is 10.5 Å². The van der Waals surface area contributed by atoms with Crippen LogP contribution in [0.15, 0.2) is 40.9 Å². The van der Waals surface area contributed by atoms with Crippen molar-refractivity contribution in [3.8, 4) is 11.8 Å². The fourth-order valence-corrected chi connectivity index (χ4v) is 2.01. The molecule has 0 unspecified atom stereocenters. The van der Waals surface area contributed by atoms with Gasteiger partial charge in [0.1, 0.15) is 18.2 Å². The van der Waals surface area contributed by atoms with Gasteiger partial charge in [-0.3, -0.25) is 0 Å². The summed E-state index contributed by atoms with van der Waals surface area (Å²) < 4.78 is 19.1. The first-order chi connectivity index (χ1) is 9.10. The third-order valence-electron chi connectivity index (χ3n) is 2.54. The summed E-state index contributed by atoms with van der Waals surface area (Å²) in [4.78, 5) is 0. The third-order valence-corrected chi connectivity index (χ3v) is 3.28. The van der Waals surface area contributed by atoms with Gasteiger partial charge >= 0.3 is 0 Å². The van der Waals surface area contributed by atoms with E-state index in [0.29, 0.717) is 21.5 Å². The smallest absolute Gasteiger partial charge is 0.142 e. The highest BCUT2D eigenvalue weighted by Crippen LogP contribution is 2.25. The van der Waals surface area contributed by atoms with Crippen LogP contribution in [-0.2, 0) is 6.61 Å². The molecule has 0 radical (unpaired) electrons. The van der Waals surface area contributed by atoms with Crippen LogP contribution in [0.25, 0.3) is 0 Å². The fourth-order valence-electron chi connectivity index (χ4n) is 1.54. The Morgan fingerprint density at radius 3 is 2.68 bits per heavy atom. The molecule has 3 nitrogen and oxygen atoms in total. The first-order valence-electron chi connectivity index (χ1n) is 5.46. The SMILES string of the molecule is N#Cc1ccc(OCc2ccc(F)cc2Br)c(N)c1. The lowest BCUT2D eigenvalue weighted by atomic mass is 10.2. The summed E-state index contributed by atoms with van der Waals surface area (Å²) in [7, 11) is 0. The molecule has 0 aliphatic heterocycles. The largest absolute Gasteiger partial charge is 0.487 e. The zero-order chi connectivity index (χ0) is 13.8. The molecule has 0 aromatic heterocycles. The number of nitrogens with zero attached hydrogens (tertiary/aromatic N) is 1. The first-order valence-corrected chi connectivity index (χ1v) is 6.26. The maximum absolute atomic E-state index is 12.9. The second-order valence-corrected chi connectivity index (χ2v) is 4.74. The Kier molecular flexibility index (Phi) is 4.03. The van der Waals surface area contributed by atoms with Crippen molar-refractivity contribution >= 4 is 21.6 Å². The van der Waals surface area contributed by atoms with Crippen molar-refractivity contribution in [1.82, 2.24) is 0 Å². The van der Waals surface area contributed by atoms with Crippen LogP contribution in [0.2, 0.25) is 0 Å². The Labute approximate surface area is 118 Å². The van der Waals surface area contributed by atoms with Gasteiger partial charge in [-0.25, -0.2) is 4.39 Å². The fraction of sp³-hybridized carbons (Fsp3) is 0.0714. The molecule has 0 saturated heterocycles. The van der Waals surface area contributed by atoms with Gasteiger partial charge in [0.05, 0.1) is 17.3 Å². The van der Waals surface area contributed by atoms with E-state index in [1.165, 1.54) is 12.1 Å². The van der Waals surface area contributed by atoms with Crippen LogP contribution in [-0.4, -0.2) is 0 Å². The van der Waals surface area contributed by atoms with Gasteiger partial charge in [0.2, 0.25) is 0 Å². The van der Waals surface area contributed by atoms with Gasteiger partial charge in [0, 0.05) is 10.0 Å². The van der Waals surface area contributed by atoms with E-state index in [1.807, 2.05) is 6.07 Å². The topological polar surface area (TPSA) is 59.0 Å². The molecule has 0 heterocycles. The van der Waals surface area contributed by atoms with Crippen LogP contribution in [0.5, 0.6) is 5.75 Å². The van der Waals surface area contributed by atoms with Crippen molar-refractivity contribution in [3.63, 3.8) is 0 Å². The number of nitrogens with two attached hydrogens (primary N) is 1. The molecule has 0 spiro atoms.